The molecule has 2 aliphatic rings. The quantitative estimate of drug-likeness (QED) is 0.204. The standard InChI is InChI=1S/C22H35N3O3.HI/c1-23-22(24-11-2-12-27-16-19-7-8-19)25-15-18-3-5-20(6-4-18)17-28-21-9-13-26-14-10-21;/h3-6,19,21H,2,7-17H2,1H3,(H2,23,24,25);1H. The number of aliphatic imine (C=N–C) groups is 1. The van der Waals surface area contributed by atoms with Gasteiger partial charge in [0.2, 0.25) is 0 Å². The monoisotopic (exact) mass is 517 g/mol. The van der Waals surface area contributed by atoms with Crippen molar-refractivity contribution in [1.82, 2.24) is 10.6 Å². The van der Waals surface area contributed by atoms with E-state index >= 15 is 0 Å². The Morgan fingerprint density at radius 2 is 1.79 bits per heavy atom. The van der Waals surface area contributed by atoms with E-state index in [1.165, 1.54) is 24.0 Å². The smallest absolute Gasteiger partial charge is 0.191 e. The number of hydrogen-bond acceptors (Lipinski definition) is 4. The summed E-state index contributed by atoms with van der Waals surface area (Å²) >= 11 is 0. The maximum Gasteiger partial charge on any atom is 0.191 e. The van der Waals surface area contributed by atoms with Gasteiger partial charge in [-0.05, 0) is 49.1 Å². The zero-order chi connectivity index (χ0) is 19.4. The van der Waals surface area contributed by atoms with Gasteiger partial charge >= 0.3 is 0 Å². The number of hydrogen-bond donors (Lipinski definition) is 2. The van der Waals surface area contributed by atoms with Crippen LogP contribution in [0.25, 0.3) is 0 Å². The molecule has 1 saturated carbocycles. The Morgan fingerprint density at radius 3 is 2.48 bits per heavy atom. The minimum atomic E-state index is 0. The third kappa shape index (κ3) is 10.1. The van der Waals surface area contributed by atoms with Gasteiger partial charge in [0.25, 0.3) is 0 Å². The normalized spacial score (nSPS) is 17.6. The molecule has 2 fully saturated rings. The molecule has 1 aliphatic carbocycles. The molecule has 0 aromatic heterocycles. The van der Waals surface area contributed by atoms with Gasteiger partial charge in [0, 0.05) is 46.6 Å². The van der Waals surface area contributed by atoms with Crippen molar-refractivity contribution in [2.75, 3.05) is 40.0 Å². The molecule has 1 aliphatic heterocycles. The fraction of sp³-hybridized carbons (Fsp3) is 0.682. The lowest BCUT2D eigenvalue weighted by atomic mass is 10.1. The molecule has 0 amide bonds. The molecular weight excluding hydrogens is 481 g/mol. The molecule has 1 aromatic carbocycles. The lowest BCUT2D eigenvalue weighted by Crippen LogP contribution is -2.37. The fourth-order valence-corrected chi connectivity index (χ4v) is 3.13. The van der Waals surface area contributed by atoms with E-state index in [-0.39, 0.29) is 24.0 Å². The molecule has 1 aromatic rings. The van der Waals surface area contributed by atoms with E-state index < -0.39 is 0 Å². The van der Waals surface area contributed by atoms with Crippen LogP contribution in [0.2, 0.25) is 0 Å². The summed E-state index contributed by atoms with van der Waals surface area (Å²) in [6.07, 6.45) is 6.03. The summed E-state index contributed by atoms with van der Waals surface area (Å²) in [6.45, 7) is 5.67. The number of halogens is 1. The van der Waals surface area contributed by atoms with E-state index in [9.17, 15) is 0 Å². The molecule has 164 valence electrons. The molecule has 1 saturated heterocycles. The predicted octanol–water partition coefficient (Wildman–Crippen LogP) is 3.48. The maximum atomic E-state index is 5.98. The Kier molecular flexibility index (Phi) is 11.9. The van der Waals surface area contributed by atoms with Crippen LogP contribution in [0.4, 0.5) is 0 Å². The van der Waals surface area contributed by atoms with Crippen LogP contribution in [0, 0.1) is 5.92 Å². The number of benzene rings is 1. The van der Waals surface area contributed by atoms with Crippen molar-refractivity contribution in [3.8, 4) is 0 Å². The van der Waals surface area contributed by atoms with Gasteiger partial charge in [0.1, 0.15) is 0 Å². The lowest BCUT2D eigenvalue weighted by molar-refractivity contribution is -0.0390. The molecule has 6 nitrogen and oxygen atoms in total. The Bertz CT molecular complexity index is 587. The van der Waals surface area contributed by atoms with E-state index in [4.69, 9.17) is 14.2 Å². The van der Waals surface area contributed by atoms with Crippen molar-refractivity contribution >= 4 is 29.9 Å². The van der Waals surface area contributed by atoms with Crippen molar-refractivity contribution in [3.05, 3.63) is 35.4 Å². The van der Waals surface area contributed by atoms with Crippen molar-refractivity contribution < 1.29 is 14.2 Å². The Morgan fingerprint density at radius 1 is 1.07 bits per heavy atom. The van der Waals surface area contributed by atoms with Crippen molar-refractivity contribution in [1.29, 1.82) is 0 Å². The fourth-order valence-electron chi connectivity index (χ4n) is 3.13. The lowest BCUT2D eigenvalue weighted by Gasteiger charge is -2.22. The maximum absolute atomic E-state index is 5.98. The molecule has 0 atom stereocenters. The second-order valence-corrected chi connectivity index (χ2v) is 7.66. The van der Waals surface area contributed by atoms with Crippen LogP contribution in [-0.4, -0.2) is 52.1 Å². The molecule has 7 heteroatoms. The van der Waals surface area contributed by atoms with Crippen LogP contribution < -0.4 is 10.6 Å². The van der Waals surface area contributed by atoms with Gasteiger partial charge in [-0.1, -0.05) is 24.3 Å². The second kappa shape index (κ2) is 14.2. The van der Waals surface area contributed by atoms with Gasteiger partial charge in [0.15, 0.2) is 5.96 Å². The van der Waals surface area contributed by atoms with E-state index in [1.54, 1.807) is 7.05 Å². The minimum Gasteiger partial charge on any atom is -0.381 e. The Hall–Kier alpha value is -0.900. The topological polar surface area (TPSA) is 64.1 Å². The highest BCUT2D eigenvalue weighted by atomic mass is 127. The third-order valence-corrected chi connectivity index (χ3v) is 5.17. The Labute approximate surface area is 192 Å². The van der Waals surface area contributed by atoms with E-state index in [0.717, 1.165) is 70.7 Å². The second-order valence-electron chi connectivity index (χ2n) is 7.66. The molecule has 0 radical (unpaired) electrons. The number of nitrogens with one attached hydrogen (secondary N) is 2. The van der Waals surface area contributed by atoms with Crippen LogP contribution in [0.15, 0.2) is 29.3 Å². The summed E-state index contributed by atoms with van der Waals surface area (Å²) in [7, 11) is 1.80. The van der Waals surface area contributed by atoms with E-state index in [0.29, 0.717) is 12.7 Å². The summed E-state index contributed by atoms with van der Waals surface area (Å²) < 4.78 is 17.0. The average Bonchev–Trinajstić information content (AvgIpc) is 3.57. The van der Waals surface area contributed by atoms with Gasteiger partial charge in [-0.15, -0.1) is 24.0 Å². The van der Waals surface area contributed by atoms with Gasteiger partial charge in [-0.2, -0.15) is 0 Å². The summed E-state index contributed by atoms with van der Waals surface area (Å²) in [4.78, 5) is 4.28. The van der Waals surface area contributed by atoms with Crippen LogP contribution in [0.5, 0.6) is 0 Å². The van der Waals surface area contributed by atoms with Crippen LogP contribution in [0.3, 0.4) is 0 Å². The molecule has 0 unspecified atom stereocenters. The van der Waals surface area contributed by atoms with Crippen LogP contribution >= 0.6 is 24.0 Å². The summed E-state index contributed by atoms with van der Waals surface area (Å²) in [6, 6.07) is 8.58. The van der Waals surface area contributed by atoms with Crippen molar-refractivity contribution in [3.63, 3.8) is 0 Å². The molecule has 3 rings (SSSR count). The zero-order valence-corrected chi connectivity index (χ0v) is 19.9. The van der Waals surface area contributed by atoms with Gasteiger partial charge in [-0.25, -0.2) is 0 Å². The van der Waals surface area contributed by atoms with E-state index in [2.05, 4.69) is 39.9 Å². The first kappa shape index (κ1) is 24.4. The molecule has 0 spiro atoms. The molecule has 29 heavy (non-hydrogen) atoms. The molecule has 0 bridgehead atoms. The van der Waals surface area contributed by atoms with Gasteiger partial charge < -0.3 is 24.8 Å². The highest BCUT2D eigenvalue weighted by molar-refractivity contribution is 14.0. The minimum absolute atomic E-state index is 0. The number of rotatable bonds is 11. The third-order valence-electron chi connectivity index (χ3n) is 5.17. The SMILES string of the molecule is CN=C(NCCCOCC1CC1)NCc1ccc(COC2CCOCC2)cc1.I. The summed E-state index contributed by atoms with van der Waals surface area (Å²) in [5.74, 6) is 1.66. The summed E-state index contributed by atoms with van der Waals surface area (Å²) in [5, 5.41) is 6.70. The molecule has 1 heterocycles. The first-order chi connectivity index (χ1) is 13.8. The molecular formula is C22H36IN3O3. The van der Waals surface area contributed by atoms with Crippen molar-refractivity contribution in [2.45, 2.75) is 51.4 Å². The predicted molar refractivity (Wildman–Crippen MR) is 127 cm³/mol. The van der Waals surface area contributed by atoms with Crippen LogP contribution in [0.1, 0.15) is 43.2 Å². The largest absolute Gasteiger partial charge is 0.381 e. The van der Waals surface area contributed by atoms with Crippen LogP contribution in [-0.2, 0) is 27.4 Å². The number of nitrogens with zero attached hydrogens (tertiary/aromatic N) is 1. The van der Waals surface area contributed by atoms with E-state index in [1.807, 2.05) is 0 Å². The van der Waals surface area contributed by atoms with Gasteiger partial charge in [-0.3, -0.25) is 4.99 Å². The first-order valence-corrected chi connectivity index (χ1v) is 10.6. The van der Waals surface area contributed by atoms with Crippen molar-refractivity contribution in [2.24, 2.45) is 10.9 Å². The number of ether oxygens (including phenoxy) is 3. The average molecular weight is 517 g/mol. The summed E-state index contributed by atoms with van der Waals surface area (Å²) in [5.41, 5.74) is 2.44. The highest BCUT2D eigenvalue weighted by Gasteiger charge is 2.20. The Balaban J connectivity index is 0.00000300. The zero-order valence-electron chi connectivity index (χ0n) is 17.5. The van der Waals surface area contributed by atoms with Gasteiger partial charge in [0.05, 0.1) is 12.7 Å². The molecule has 2 N–H and O–H groups in total. The highest BCUT2D eigenvalue weighted by Crippen LogP contribution is 2.28. The first-order valence-electron chi connectivity index (χ1n) is 10.6. The number of guanidine groups is 1.